The first-order chi connectivity index (χ1) is 11.1. The van der Waals surface area contributed by atoms with Gasteiger partial charge in [-0.25, -0.2) is 12.7 Å². The fourth-order valence-electron chi connectivity index (χ4n) is 2.22. The summed E-state index contributed by atoms with van der Waals surface area (Å²) in [5, 5.41) is 12.0. The number of benzene rings is 1. The van der Waals surface area contributed by atoms with Gasteiger partial charge < -0.3 is 10.4 Å². The van der Waals surface area contributed by atoms with E-state index in [2.05, 4.69) is 5.32 Å². The molecule has 0 radical (unpaired) electrons. The van der Waals surface area contributed by atoms with Gasteiger partial charge in [-0.1, -0.05) is 13.8 Å². The minimum absolute atomic E-state index is 0.0198. The van der Waals surface area contributed by atoms with E-state index in [0.29, 0.717) is 12.8 Å². The summed E-state index contributed by atoms with van der Waals surface area (Å²) in [6.07, 6.45) is 0.804. The van der Waals surface area contributed by atoms with E-state index in [1.807, 2.05) is 0 Å². The van der Waals surface area contributed by atoms with Gasteiger partial charge in [0.05, 0.1) is 10.3 Å². The Bertz CT molecular complexity index is 692. The summed E-state index contributed by atoms with van der Waals surface area (Å²) in [6, 6.07) is 5.53. The lowest BCUT2D eigenvalue weighted by Crippen LogP contribution is -2.42. The Morgan fingerprint density at radius 2 is 1.62 bits per heavy atom. The molecule has 1 amide bonds. The molecular formula is C16H24N2O5S. The van der Waals surface area contributed by atoms with Crippen molar-refractivity contribution in [3.63, 3.8) is 0 Å². The van der Waals surface area contributed by atoms with Crippen LogP contribution in [0.2, 0.25) is 0 Å². The van der Waals surface area contributed by atoms with E-state index in [1.165, 1.54) is 38.4 Å². The highest BCUT2D eigenvalue weighted by Crippen LogP contribution is 2.25. The lowest BCUT2D eigenvalue weighted by molar-refractivity contribution is -0.149. The molecule has 0 heterocycles. The van der Waals surface area contributed by atoms with E-state index in [0.717, 1.165) is 4.31 Å². The number of sulfonamides is 1. The number of nitrogens with one attached hydrogen (secondary N) is 1. The maximum absolute atomic E-state index is 12.2. The molecule has 8 heteroatoms. The highest BCUT2D eigenvalue weighted by Gasteiger charge is 2.35. The largest absolute Gasteiger partial charge is 0.481 e. The van der Waals surface area contributed by atoms with Crippen molar-refractivity contribution in [3.8, 4) is 0 Å². The van der Waals surface area contributed by atoms with Crippen LogP contribution in [0.5, 0.6) is 0 Å². The van der Waals surface area contributed by atoms with Crippen LogP contribution in [0.15, 0.2) is 29.2 Å². The molecule has 0 bridgehead atoms. The van der Waals surface area contributed by atoms with Crippen LogP contribution in [0.25, 0.3) is 0 Å². The molecule has 0 saturated carbocycles. The molecule has 0 aliphatic carbocycles. The molecule has 1 aromatic rings. The average Bonchev–Trinajstić information content (AvgIpc) is 2.55. The monoisotopic (exact) mass is 356 g/mol. The second kappa shape index (κ2) is 7.76. The fourth-order valence-corrected chi connectivity index (χ4v) is 3.12. The molecule has 0 aromatic heterocycles. The lowest BCUT2D eigenvalue weighted by atomic mass is 9.82. The van der Waals surface area contributed by atoms with E-state index in [-0.39, 0.29) is 17.0 Å². The van der Waals surface area contributed by atoms with Gasteiger partial charge in [0.25, 0.3) is 5.91 Å². The minimum Gasteiger partial charge on any atom is -0.481 e. The van der Waals surface area contributed by atoms with E-state index in [9.17, 15) is 23.1 Å². The molecule has 1 aromatic carbocycles. The number of carbonyl (C=O) groups excluding carboxylic acids is 1. The van der Waals surface area contributed by atoms with Crippen molar-refractivity contribution in [3.05, 3.63) is 29.8 Å². The van der Waals surface area contributed by atoms with Crippen LogP contribution in [-0.4, -0.2) is 50.3 Å². The van der Waals surface area contributed by atoms with Crippen LogP contribution >= 0.6 is 0 Å². The molecule has 1 rings (SSSR count). The summed E-state index contributed by atoms with van der Waals surface area (Å²) in [6.45, 7) is 3.56. The van der Waals surface area contributed by atoms with Crippen molar-refractivity contribution in [1.82, 2.24) is 9.62 Å². The van der Waals surface area contributed by atoms with Crippen LogP contribution in [0.4, 0.5) is 0 Å². The smallest absolute Gasteiger partial charge is 0.311 e. The van der Waals surface area contributed by atoms with Gasteiger partial charge in [0, 0.05) is 26.2 Å². The van der Waals surface area contributed by atoms with Crippen molar-refractivity contribution in [2.75, 3.05) is 20.6 Å². The van der Waals surface area contributed by atoms with E-state index in [4.69, 9.17) is 0 Å². The molecule has 0 unspecified atom stereocenters. The van der Waals surface area contributed by atoms with E-state index < -0.39 is 27.3 Å². The second-order valence-corrected chi connectivity index (χ2v) is 7.94. The quantitative estimate of drug-likeness (QED) is 0.735. The third-order valence-electron chi connectivity index (χ3n) is 4.29. The predicted molar refractivity (Wildman–Crippen MR) is 90.3 cm³/mol. The number of aliphatic carboxylic acids is 1. The lowest BCUT2D eigenvalue weighted by Gasteiger charge is -2.26. The summed E-state index contributed by atoms with van der Waals surface area (Å²) in [5.74, 6) is -1.38. The molecule has 24 heavy (non-hydrogen) atoms. The van der Waals surface area contributed by atoms with Gasteiger partial charge in [-0.2, -0.15) is 0 Å². The van der Waals surface area contributed by atoms with Gasteiger partial charge in [-0.15, -0.1) is 0 Å². The molecule has 0 fully saturated rings. The zero-order valence-electron chi connectivity index (χ0n) is 14.4. The first-order valence-corrected chi connectivity index (χ1v) is 9.09. The first kappa shape index (κ1) is 20.1. The number of rotatable bonds is 8. The number of nitrogens with zero attached hydrogens (tertiary/aromatic N) is 1. The minimum atomic E-state index is -3.55. The van der Waals surface area contributed by atoms with Gasteiger partial charge in [-0.05, 0) is 37.1 Å². The molecule has 0 spiro atoms. The Morgan fingerprint density at radius 1 is 1.12 bits per heavy atom. The Morgan fingerprint density at radius 3 is 2.00 bits per heavy atom. The molecular weight excluding hydrogens is 332 g/mol. The van der Waals surface area contributed by atoms with Crippen molar-refractivity contribution in [1.29, 1.82) is 0 Å². The molecule has 7 nitrogen and oxygen atoms in total. The highest BCUT2D eigenvalue weighted by atomic mass is 32.2. The van der Waals surface area contributed by atoms with Gasteiger partial charge in [-0.3, -0.25) is 9.59 Å². The summed E-state index contributed by atoms with van der Waals surface area (Å²) in [7, 11) is -0.695. The van der Waals surface area contributed by atoms with Gasteiger partial charge in [0.2, 0.25) is 10.0 Å². The van der Waals surface area contributed by atoms with Crippen molar-refractivity contribution < 1.29 is 23.1 Å². The topological polar surface area (TPSA) is 104 Å². The number of carboxylic acids is 1. The Kier molecular flexibility index (Phi) is 6.50. The average molecular weight is 356 g/mol. The van der Waals surface area contributed by atoms with Crippen molar-refractivity contribution >= 4 is 21.9 Å². The summed E-state index contributed by atoms with van der Waals surface area (Å²) in [4.78, 5) is 23.7. The van der Waals surface area contributed by atoms with E-state index in [1.54, 1.807) is 13.8 Å². The zero-order chi connectivity index (χ0) is 18.5. The van der Waals surface area contributed by atoms with Crippen molar-refractivity contribution in [2.45, 2.75) is 31.6 Å². The van der Waals surface area contributed by atoms with Gasteiger partial charge in [0.15, 0.2) is 0 Å². The Labute approximate surface area is 142 Å². The maximum Gasteiger partial charge on any atom is 0.311 e. The number of hydrogen-bond acceptors (Lipinski definition) is 4. The zero-order valence-corrected chi connectivity index (χ0v) is 15.2. The molecule has 0 atom stereocenters. The highest BCUT2D eigenvalue weighted by molar-refractivity contribution is 7.89. The van der Waals surface area contributed by atoms with Crippen LogP contribution < -0.4 is 5.32 Å². The molecule has 0 aliphatic heterocycles. The van der Waals surface area contributed by atoms with Crippen LogP contribution in [-0.2, 0) is 14.8 Å². The molecule has 0 aliphatic rings. The normalized spacial score (nSPS) is 12.2. The summed E-state index contributed by atoms with van der Waals surface area (Å²) in [5.41, 5.74) is -0.719. The Hall–Kier alpha value is -1.93. The summed E-state index contributed by atoms with van der Waals surface area (Å²) >= 11 is 0. The Balaban J connectivity index is 2.89. The van der Waals surface area contributed by atoms with Crippen LogP contribution in [0, 0.1) is 5.41 Å². The standard InChI is InChI=1S/C16H24N2O5S/c1-5-16(6-2,15(20)21)11-17-14(19)12-7-9-13(10-8-12)24(22,23)18(3)4/h7-10H,5-6,11H2,1-4H3,(H,17,19)(H,20,21). The van der Waals surface area contributed by atoms with Crippen LogP contribution in [0.3, 0.4) is 0 Å². The predicted octanol–water partition coefficient (Wildman–Crippen LogP) is 1.56. The first-order valence-electron chi connectivity index (χ1n) is 7.65. The summed E-state index contributed by atoms with van der Waals surface area (Å²) < 4.78 is 25.1. The van der Waals surface area contributed by atoms with Gasteiger partial charge >= 0.3 is 5.97 Å². The third-order valence-corrected chi connectivity index (χ3v) is 6.12. The SMILES string of the molecule is CCC(CC)(CNC(=O)c1ccc(S(=O)(=O)N(C)C)cc1)C(=O)O. The maximum atomic E-state index is 12.2. The van der Waals surface area contributed by atoms with Crippen molar-refractivity contribution in [2.24, 2.45) is 5.41 Å². The number of hydrogen-bond donors (Lipinski definition) is 2. The molecule has 2 N–H and O–H groups in total. The number of carboxylic acid groups (broad SMARTS) is 1. The number of carbonyl (C=O) groups is 2. The van der Waals surface area contributed by atoms with Crippen LogP contribution in [0.1, 0.15) is 37.0 Å². The molecule has 134 valence electrons. The third kappa shape index (κ3) is 4.12. The van der Waals surface area contributed by atoms with Gasteiger partial charge in [0.1, 0.15) is 0 Å². The second-order valence-electron chi connectivity index (χ2n) is 5.79. The fraction of sp³-hybridized carbons (Fsp3) is 0.500. The van der Waals surface area contributed by atoms with E-state index >= 15 is 0 Å². The molecule has 0 saturated heterocycles. The number of amides is 1.